The molecule has 1 nitrogen and oxygen atoms in total. The Morgan fingerprint density at radius 1 is 1.27 bits per heavy atom. The highest BCUT2D eigenvalue weighted by Crippen LogP contribution is 2.28. The van der Waals surface area contributed by atoms with Crippen LogP contribution in [-0.2, 0) is 0 Å². The van der Waals surface area contributed by atoms with Gasteiger partial charge in [0, 0.05) is 0 Å². The Kier molecular flexibility index (Phi) is 3.92. The fourth-order valence-electron chi connectivity index (χ4n) is 1.99. The predicted octanol–water partition coefficient (Wildman–Crippen LogP) is 2.73. The smallest absolute Gasteiger partial charge is 0.0568 e. The lowest BCUT2D eigenvalue weighted by Gasteiger charge is -2.27. The van der Waals surface area contributed by atoms with Crippen molar-refractivity contribution in [3.8, 4) is 0 Å². The topological polar surface area (TPSA) is 20.2 Å². The molecule has 0 aliphatic heterocycles. The quantitative estimate of drug-likeness (QED) is 0.666. The van der Waals surface area contributed by atoms with Gasteiger partial charge in [-0.15, -0.1) is 0 Å². The van der Waals surface area contributed by atoms with E-state index in [1.54, 1.807) is 0 Å². The van der Waals surface area contributed by atoms with Gasteiger partial charge in [0.15, 0.2) is 0 Å². The van der Waals surface area contributed by atoms with E-state index in [2.05, 4.69) is 6.92 Å². The first kappa shape index (κ1) is 9.05. The number of aliphatic hydroxyl groups is 1. The molecule has 1 heteroatoms. The zero-order chi connectivity index (χ0) is 8.10. The third-order valence-electron chi connectivity index (χ3n) is 2.80. The molecule has 0 heterocycles. The minimum atomic E-state index is 0.0234. The van der Waals surface area contributed by atoms with E-state index in [1.165, 1.54) is 38.5 Å². The molecule has 2 atom stereocenters. The van der Waals surface area contributed by atoms with E-state index in [1.807, 2.05) is 0 Å². The number of hydrogen-bond acceptors (Lipinski definition) is 1. The van der Waals surface area contributed by atoms with Gasteiger partial charge in [0.25, 0.3) is 0 Å². The van der Waals surface area contributed by atoms with Crippen LogP contribution in [0.1, 0.15) is 51.9 Å². The first-order chi connectivity index (χ1) is 5.34. The fraction of sp³-hybridized carbons (Fsp3) is 1.00. The number of hydrogen-bond donors (Lipinski definition) is 1. The summed E-state index contributed by atoms with van der Waals surface area (Å²) < 4.78 is 0. The van der Waals surface area contributed by atoms with Gasteiger partial charge in [-0.25, -0.2) is 0 Å². The molecule has 1 fully saturated rings. The van der Waals surface area contributed by atoms with Crippen LogP contribution in [0, 0.1) is 5.92 Å². The first-order valence-electron chi connectivity index (χ1n) is 5.02. The van der Waals surface area contributed by atoms with Gasteiger partial charge < -0.3 is 5.11 Å². The molecule has 0 saturated heterocycles. The van der Waals surface area contributed by atoms with Gasteiger partial charge in [0.1, 0.15) is 0 Å². The summed E-state index contributed by atoms with van der Waals surface area (Å²) in [6, 6.07) is 0. The van der Waals surface area contributed by atoms with E-state index in [0.29, 0.717) is 5.92 Å². The highest BCUT2D eigenvalue weighted by atomic mass is 16.3. The molecule has 0 aromatic carbocycles. The lowest BCUT2D eigenvalue weighted by atomic mass is 9.83. The van der Waals surface area contributed by atoms with Crippen LogP contribution >= 0.6 is 0 Å². The highest BCUT2D eigenvalue weighted by Gasteiger charge is 2.21. The highest BCUT2D eigenvalue weighted by molar-refractivity contribution is 4.73. The summed E-state index contributed by atoms with van der Waals surface area (Å²) in [4.78, 5) is 0. The van der Waals surface area contributed by atoms with Crippen molar-refractivity contribution in [2.75, 3.05) is 0 Å². The maximum atomic E-state index is 9.60. The fourth-order valence-corrected chi connectivity index (χ4v) is 1.99. The van der Waals surface area contributed by atoms with Crippen LogP contribution in [0.4, 0.5) is 0 Å². The largest absolute Gasteiger partial charge is 0.393 e. The van der Waals surface area contributed by atoms with Crippen LogP contribution in [0.5, 0.6) is 0 Å². The van der Waals surface area contributed by atoms with Gasteiger partial charge in [-0.2, -0.15) is 0 Å². The average Bonchev–Trinajstić information content (AvgIpc) is 2.03. The number of aliphatic hydroxyl groups excluding tert-OH is 1. The monoisotopic (exact) mass is 156 g/mol. The Balaban J connectivity index is 2.18. The van der Waals surface area contributed by atoms with Crippen molar-refractivity contribution >= 4 is 0 Å². The van der Waals surface area contributed by atoms with E-state index < -0.39 is 0 Å². The number of unbranched alkanes of at least 4 members (excludes halogenated alkanes) is 1. The molecule has 1 aliphatic carbocycles. The molecule has 11 heavy (non-hydrogen) atoms. The zero-order valence-corrected chi connectivity index (χ0v) is 7.55. The van der Waals surface area contributed by atoms with Gasteiger partial charge in [0.2, 0.25) is 0 Å². The van der Waals surface area contributed by atoms with Crippen LogP contribution < -0.4 is 0 Å². The summed E-state index contributed by atoms with van der Waals surface area (Å²) in [5.74, 6) is 0.628. The average molecular weight is 156 g/mol. The van der Waals surface area contributed by atoms with Crippen molar-refractivity contribution < 1.29 is 5.11 Å². The Bertz CT molecular complexity index is 101. The molecule has 0 spiro atoms. The molecule has 0 unspecified atom stereocenters. The maximum Gasteiger partial charge on any atom is 0.0568 e. The maximum absolute atomic E-state index is 9.60. The van der Waals surface area contributed by atoms with E-state index in [0.717, 1.165) is 6.42 Å². The van der Waals surface area contributed by atoms with Crippen molar-refractivity contribution in [2.45, 2.75) is 58.0 Å². The Morgan fingerprint density at radius 3 is 2.64 bits per heavy atom. The summed E-state index contributed by atoms with van der Waals surface area (Å²) in [6.45, 7) is 2.22. The van der Waals surface area contributed by atoms with Crippen LogP contribution in [0.3, 0.4) is 0 Å². The van der Waals surface area contributed by atoms with Crippen molar-refractivity contribution in [2.24, 2.45) is 5.92 Å². The van der Waals surface area contributed by atoms with E-state index >= 15 is 0 Å². The molecule has 1 rings (SSSR count). The lowest BCUT2D eigenvalue weighted by Crippen LogP contribution is -2.24. The number of rotatable bonds is 3. The van der Waals surface area contributed by atoms with Gasteiger partial charge in [0.05, 0.1) is 6.10 Å². The molecule has 0 aromatic rings. The second-order valence-electron chi connectivity index (χ2n) is 3.75. The third-order valence-corrected chi connectivity index (χ3v) is 2.80. The van der Waals surface area contributed by atoms with Gasteiger partial charge in [-0.1, -0.05) is 32.6 Å². The van der Waals surface area contributed by atoms with E-state index in [4.69, 9.17) is 0 Å². The zero-order valence-electron chi connectivity index (χ0n) is 7.55. The van der Waals surface area contributed by atoms with Gasteiger partial charge >= 0.3 is 0 Å². The molecule has 0 radical (unpaired) electrons. The second kappa shape index (κ2) is 4.76. The van der Waals surface area contributed by atoms with Gasteiger partial charge in [-0.3, -0.25) is 0 Å². The molecule has 1 N–H and O–H groups in total. The van der Waals surface area contributed by atoms with Crippen molar-refractivity contribution in [1.29, 1.82) is 0 Å². The Hall–Kier alpha value is -0.0400. The Labute approximate surface area is 69.8 Å². The van der Waals surface area contributed by atoms with Crippen molar-refractivity contribution in [3.63, 3.8) is 0 Å². The standard InChI is InChI=1S/C10H20O/c1-2-3-6-9-7-4-5-8-10(9)11/h9-11H,2-8H2,1H3/t9-,10+/m1/s1. The molecule has 1 saturated carbocycles. The molecular weight excluding hydrogens is 136 g/mol. The van der Waals surface area contributed by atoms with E-state index in [-0.39, 0.29) is 6.10 Å². The molecule has 1 aliphatic rings. The van der Waals surface area contributed by atoms with E-state index in [9.17, 15) is 5.11 Å². The minimum absolute atomic E-state index is 0.0234. The Morgan fingerprint density at radius 2 is 2.00 bits per heavy atom. The molecule has 0 amide bonds. The summed E-state index contributed by atoms with van der Waals surface area (Å²) in [7, 11) is 0. The third kappa shape index (κ3) is 2.82. The summed E-state index contributed by atoms with van der Waals surface area (Å²) in [5.41, 5.74) is 0. The molecular formula is C10H20O. The molecule has 0 bridgehead atoms. The van der Waals surface area contributed by atoms with Gasteiger partial charge in [-0.05, 0) is 25.2 Å². The molecule has 66 valence electrons. The second-order valence-corrected chi connectivity index (χ2v) is 3.75. The lowest BCUT2D eigenvalue weighted by molar-refractivity contribution is 0.0642. The normalized spacial score (nSPS) is 32.2. The van der Waals surface area contributed by atoms with Crippen molar-refractivity contribution in [1.82, 2.24) is 0 Å². The minimum Gasteiger partial charge on any atom is -0.393 e. The van der Waals surface area contributed by atoms with Crippen molar-refractivity contribution in [3.05, 3.63) is 0 Å². The van der Waals surface area contributed by atoms with Crippen LogP contribution in [-0.4, -0.2) is 11.2 Å². The van der Waals surface area contributed by atoms with Crippen LogP contribution in [0.15, 0.2) is 0 Å². The predicted molar refractivity (Wildman–Crippen MR) is 47.5 cm³/mol. The SMILES string of the molecule is CCCC[C@@H]1CCCC[C@@H]1O. The van der Waals surface area contributed by atoms with Crippen LogP contribution in [0.25, 0.3) is 0 Å². The molecule has 0 aromatic heterocycles. The first-order valence-corrected chi connectivity index (χ1v) is 5.02. The van der Waals surface area contributed by atoms with Crippen LogP contribution in [0.2, 0.25) is 0 Å². The summed E-state index contributed by atoms with van der Waals surface area (Å²) >= 11 is 0. The summed E-state index contributed by atoms with van der Waals surface area (Å²) in [5, 5.41) is 9.60. The summed E-state index contributed by atoms with van der Waals surface area (Å²) in [6.07, 6.45) is 8.73.